The molecule has 0 amide bonds. The molecule has 0 saturated carbocycles. The molecule has 1 aliphatic heterocycles. The Kier molecular flexibility index (Phi) is 4.56. The van der Waals surface area contributed by atoms with Gasteiger partial charge in [-0.2, -0.15) is 4.31 Å². The number of pyridine rings is 1. The molecule has 1 saturated heterocycles. The van der Waals surface area contributed by atoms with E-state index in [-0.39, 0.29) is 23.0 Å². The van der Waals surface area contributed by atoms with Crippen molar-refractivity contribution in [2.75, 3.05) is 19.3 Å². The molecule has 2 aromatic rings. The Labute approximate surface area is 145 Å². The van der Waals surface area contributed by atoms with Crippen LogP contribution in [-0.2, 0) is 20.0 Å². The highest BCUT2D eigenvalue weighted by Gasteiger charge is 2.34. The highest BCUT2D eigenvalue weighted by Crippen LogP contribution is 2.32. The molecule has 0 radical (unpaired) electrons. The first-order chi connectivity index (χ1) is 11.2. The second kappa shape index (κ2) is 6.23. The summed E-state index contributed by atoms with van der Waals surface area (Å²) in [6.45, 7) is 0.336. The topological polar surface area (TPSA) is 96.4 Å². The predicted molar refractivity (Wildman–Crippen MR) is 91.9 cm³/mol. The lowest BCUT2D eigenvalue weighted by molar-refractivity contribution is 0.468. The summed E-state index contributed by atoms with van der Waals surface area (Å²) < 4.78 is 52.4. The number of nitrogens with one attached hydrogen (secondary N) is 1. The number of hydrogen-bond acceptors (Lipinski definition) is 5. The first-order valence-electron chi connectivity index (χ1n) is 7.18. The van der Waals surface area contributed by atoms with Gasteiger partial charge in [-0.1, -0.05) is 23.7 Å². The van der Waals surface area contributed by atoms with E-state index in [2.05, 4.69) is 9.71 Å². The Hall–Kier alpha value is -1.26. The van der Waals surface area contributed by atoms with E-state index >= 15 is 0 Å². The lowest BCUT2D eigenvalue weighted by Crippen LogP contribution is -2.37. The Bertz CT molecular complexity index is 987. The van der Waals surface area contributed by atoms with Crippen LogP contribution in [0.15, 0.2) is 35.5 Å². The number of sulfonamides is 2. The highest BCUT2D eigenvalue weighted by atomic mass is 35.5. The molecule has 130 valence electrons. The van der Waals surface area contributed by atoms with Crippen molar-refractivity contribution >= 4 is 42.4 Å². The summed E-state index contributed by atoms with van der Waals surface area (Å²) in [5, 5.41) is 1.32. The number of rotatable bonds is 4. The molecule has 1 fully saturated rings. The molecule has 1 N–H and O–H groups in total. The van der Waals surface area contributed by atoms with E-state index in [9.17, 15) is 16.8 Å². The van der Waals surface area contributed by atoms with Gasteiger partial charge in [0.1, 0.15) is 0 Å². The molecule has 3 rings (SSSR count). The van der Waals surface area contributed by atoms with E-state index in [0.29, 0.717) is 17.2 Å². The number of hydrogen-bond donors (Lipinski definition) is 1. The Morgan fingerprint density at radius 1 is 1.25 bits per heavy atom. The molecule has 10 heteroatoms. The van der Waals surface area contributed by atoms with E-state index < -0.39 is 26.1 Å². The van der Waals surface area contributed by atoms with Crippen LogP contribution in [-0.4, -0.2) is 51.5 Å². The molecule has 1 aliphatic rings. The van der Waals surface area contributed by atoms with Gasteiger partial charge in [0.2, 0.25) is 20.0 Å². The van der Waals surface area contributed by atoms with E-state index in [0.717, 1.165) is 6.26 Å². The van der Waals surface area contributed by atoms with Crippen LogP contribution >= 0.6 is 11.6 Å². The molecule has 1 aromatic heterocycles. The summed E-state index contributed by atoms with van der Waals surface area (Å²) in [5.74, 6) is 0. The van der Waals surface area contributed by atoms with Crippen LogP contribution in [0.3, 0.4) is 0 Å². The van der Waals surface area contributed by atoms with Crippen molar-refractivity contribution in [3.8, 4) is 0 Å². The third kappa shape index (κ3) is 3.40. The molecule has 1 aromatic carbocycles. The van der Waals surface area contributed by atoms with Crippen LogP contribution in [0, 0.1) is 0 Å². The molecule has 0 bridgehead atoms. The standard InChI is InChI=1S/C14H16ClN3O4S2/c1-23(19,20)17-11-5-6-18(9-11)24(21,22)13-4-2-3-10-7-16-8-12(15)14(10)13/h2-4,7-8,11,17H,5-6,9H2,1H3/t11-/m0/s1. The van der Waals surface area contributed by atoms with Crippen molar-refractivity contribution in [2.24, 2.45) is 0 Å². The molecule has 0 aliphatic carbocycles. The minimum Gasteiger partial charge on any atom is -0.263 e. The number of benzene rings is 1. The van der Waals surface area contributed by atoms with Crippen molar-refractivity contribution in [3.63, 3.8) is 0 Å². The van der Waals surface area contributed by atoms with Gasteiger partial charge < -0.3 is 0 Å². The quantitative estimate of drug-likeness (QED) is 0.847. The fourth-order valence-corrected chi connectivity index (χ4v) is 5.72. The van der Waals surface area contributed by atoms with Gasteiger partial charge in [-0.25, -0.2) is 21.6 Å². The van der Waals surface area contributed by atoms with E-state index in [4.69, 9.17) is 11.6 Å². The van der Waals surface area contributed by atoms with Crippen molar-refractivity contribution in [2.45, 2.75) is 17.4 Å². The Morgan fingerprint density at radius 2 is 2.00 bits per heavy atom. The van der Waals surface area contributed by atoms with E-state index in [1.54, 1.807) is 18.3 Å². The average Bonchev–Trinajstić information content (AvgIpc) is 2.94. The third-order valence-corrected chi connectivity index (χ3v) is 6.80. The first kappa shape index (κ1) is 17.6. The van der Waals surface area contributed by atoms with Crippen LogP contribution in [0.5, 0.6) is 0 Å². The zero-order valence-corrected chi connectivity index (χ0v) is 15.2. The van der Waals surface area contributed by atoms with Crippen molar-refractivity contribution in [1.82, 2.24) is 14.0 Å². The summed E-state index contributed by atoms with van der Waals surface area (Å²) in [6.07, 6.45) is 4.44. The summed E-state index contributed by atoms with van der Waals surface area (Å²) in [5.41, 5.74) is 0. The predicted octanol–water partition coefficient (Wildman–Crippen LogP) is 1.20. The van der Waals surface area contributed by atoms with Gasteiger partial charge in [0, 0.05) is 42.3 Å². The lowest BCUT2D eigenvalue weighted by atomic mass is 10.2. The summed E-state index contributed by atoms with van der Waals surface area (Å²) >= 11 is 6.15. The monoisotopic (exact) mass is 389 g/mol. The molecular formula is C14H16ClN3O4S2. The minimum atomic E-state index is -3.79. The zero-order valence-electron chi connectivity index (χ0n) is 12.8. The van der Waals surface area contributed by atoms with E-state index in [1.807, 2.05) is 0 Å². The summed E-state index contributed by atoms with van der Waals surface area (Å²) in [4.78, 5) is 4.07. The SMILES string of the molecule is CS(=O)(=O)N[C@H]1CCN(S(=O)(=O)c2cccc3cncc(Cl)c23)C1. The Balaban J connectivity index is 1.98. The number of fused-ring (bicyclic) bond motifs is 1. The normalized spacial score (nSPS) is 19.8. The maximum absolute atomic E-state index is 13.0. The van der Waals surface area contributed by atoms with Crippen LogP contribution in [0.1, 0.15) is 6.42 Å². The largest absolute Gasteiger partial charge is 0.263 e. The van der Waals surface area contributed by atoms with Crippen molar-refractivity contribution in [1.29, 1.82) is 0 Å². The van der Waals surface area contributed by atoms with Crippen LogP contribution in [0.4, 0.5) is 0 Å². The first-order valence-corrected chi connectivity index (χ1v) is 10.9. The van der Waals surface area contributed by atoms with Gasteiger partial charge >= 0.3 is 0 Å². The second-order valence-corrected chi connectivity index (χ2v) is 9.81. The summed E-state index contributed by atoms with van der Waals surface area (Å²) in [7, 11) is -7.17. The van der Waals surface area contributed by atoms with Crippen molar-refractivity contribution < 1.29 is 16.8 Å². The fourth-order valence-electron chi connectivity index (χ4n) is 2.86. The van der Waals surface area contributed by atoms with Gasteiger partial charge in [-0.05, 0) is 12.5 Å². The fraction of sp³-hybridized carbons (Fsp3) is 0.357. The van der Waals surface area contributed by atoms with Gasteiger partial charge in [-0.3, -0.25) is 4.98 Å². The van der Waals surface area contributed by atoms with Gasteiger partial charge in [-0.15, -0.1) is 0 Å². The zero-order chi connectivity index (χ0) is 17.5. The lowest BCUT2D eigenvalue weighted by Gasteiger charge is -2.18. The smallest absolute Gasteiger partial charge is 0.243 e. The third-order valence-electron chi connectivity index (χ3n) is 3.85. The number of halogens is 1. The van der Waals surface area contributed by atoms with Crippen LogP contribution < -0.4 is 4.72 Å². The molecule has 24 heavy (non-hydrogen) atoms. The number of nitrogens with zero attached hydrogens (tertiary/aromatic N) is 2. The minimum absolute atomic E-state index is 0.0918. The molecule has 7 nitrogen and oxygen atoms in total. The molecule has 0 spiro atoms. The van der Waals surface area contributed by atoms with Gasteiger partial charge in [0.05, 0.1) is 16.2 Å². The van der Waals surface area contributed by atoms with Gasteiger partial charge in [0.15, 0.2) is 0 Å². The van der Waals surface area contributed by atoms with Crippen molar-refractivity contribution in [3.05, 3.63) is 35.6 Å². The average molecular weight is 390 g/mol. The number of aromatic nitrogens is 1. The maximum Gasteiger partial charge on any atom is 0.243 e. The highest BCUT2D eigenvalue weighted by molar-refractivity contribution is 7.89. The second-order valence-electron chi connectivity index (χ2n) is 5.71. The van der Waals surface area contributed by atoms with Gasteiger partial charge in [0.25, 0.3) is 0 Å². The molecule has 1 atom stereocenters. The van der Waals surface area contributed by atoms with E-state index in [1.165, 1.54) is 16.6 Å². The van der Waals surface area contributed by atoms with Crippen LogP contribution in [0.25, 0.3) is 10.8 Å². The molecule has 2 heterocycles. The molecule has 0 unspecified atom stereocenters. The molecular weight excluding hydrogens is 374 g/mol. The summed E-state index contributed by atoms with van der Waals surface area (Å²) in [6, 6.07) is 4.45. The van der Waals surface area contributed by atoms with Crippen LogP contribution in [0.2, 0.25) is 5.02 Å². The maximum atomic E-state index is 13.0. The Morgan fingerprint density at radius 3 is 2.71 bits per heavy atom.